The molecule has 35 heavy (non-hydrogen) atoms. The Labute approximate surface area is 210 Å². The highest BCUT2D eigenvalue weighted by Crippen LogP contribution is 2.33. The summed E-state index contributed by atoms with van der Waals surface area (Å²) < 4.78 is 7.73. The van der Waals surface area contributed by atoms with Crippen LogP contribution in [0.15, 0.2) is 69.6 Å². The molecule has 0 spiro atoms. The zero-order valence-corrected chi connectivity index (χ0v) is 21.8. The van der Waals surface area contributed by atoms with E-state index in [1.807, 2.05) is 49.4 Å². The van der Waals surface area contributed by atoms with Gasteiger partial charge in [-0.2, -0.15) is 0 Å². The fourth-order valence-electron chi connectivity index (χ4n) is 4.31. The number of carbonyl (C=O) groups excluding carboxylic acids is 1. The Bertz CT molecular complexity index is 1430. The first-order chi connectivity index (χ1) is 16.8. The minimum Gasteiger partial charge on any atom is -0.463 e. The van der Waals surface area contributed by atoms with Gasteiger partial charge in [-0.1, -0.05) is 92.6 Å². The third kappa shape index (κ3) is 5.08. The van der Waals surface area contributed by atoms with Crippen LogP contribution < -0.4 is 14.9 Å². The Balaban J connectivity index is 1.97. The molecule has 4 rings (SSSR count). The van der Waals surface area contributed by atoms with Crippen LogP contribution in [0.2, 0.25) is 0 Å². The van der Waals surface area contributed by atoms with E-state index >= 15 is 0 Å². The summed E-state index contributed by atoms with van der Waals surface area (Å²) in [5.74, 6) is -0.0262. The van der Waals surface area contributed by atoms with E-state index < -0.39 is 12.0 Å². The molecule has 182 valence electrons. The molecule has 3 aromatic rings. The monoisotopic (exact) mass is 488 g/mol. The van der Waals surface area contributed by atoms with Gasteiger partial charge in [0.25, 0.3) is 5.56 Å². The summed E-state index contributed by atoms with van der Waals surface area (Å²) in [4.78, 5) is 32.4. The third-order valence-corrected chi connectivity index (χ3v) is 7.17. The molecule has 0 saturated carbocycles. The number of allylic oxidation sites excluding steroid dienone is 1. The van der Waals surface area contributed by atoms with Gasteiger partial charge in [-0.3, -0.25) is 9.36 Å². The Morgan fingerprint density at radius 3 is 2.40 bits per heavy atom. The van der Waals surface area contributed by atoms with Crippen LogP contribution in [0.5, 0.6) is 0 Å². The summed E-state index contributed by atoms with van der Waals surface area (Å²) in [5.41, 5.74) is 5.21. The lowest BCUT2D eigenvalue weighted by Gasteiger charge is -2.26. The van der Waals surface area contributed by atoms with Crippen molar-refractivity contribution in [3.05, 3.63) is 102 Å². The summed E-state index contributed by atoms with van der Waals surface area (Å²) in [6.45, 7) is 10.4. The number of carbonyl (C=O) groups is 1. The van der Waals surface area contributed by atoms with Crippen LogP contribution >= 0.6 is 11.3 Å². The lowest BCUT2D eigenvalue weighted by molar-refractivity contribution is -0.139. The van der Waals surface area contributed by atoms with Crippen molar-refractivity contribution in [2.45, 2.75) is 59.4 Å². The number of ether oxygens (including phenoxy) is 1. The predicted molar refractivity (Wildman–Crippen MR) is 141 cm³/mol. The van der Waals surface area contributed by atoms with Crippen LogP contribution in [0.4, 0.5) is 0 Å². The van der Waals surface area contributed by atoms with E-state index in [2.05, 4.69) is 32.9 Å². The summed E-state index contributed by atoms with van der Waals surface area (Å²) in [5, 5.41) is 0. The molecule has 0 radical (unpaired) electrons. The van der Waals surface area contributed by atoms with Crippen molar-refractivity contribution in [2.24, 2.45) is 4.99 Å². The van der Waals surface area contributed by atoms with Crippen molar-refractivity contribution in [3.8, 4) is 0 Å². The largest absolute Gasteiger partial charge is 0.463 e. The molecule has 2 aromatic carbocycles. The molecule has 1 aromatic heterocycles. The third-order valence-electron chi connectivity index (χ3n) is 6.19. The maximum absolute atomic E-state index is 13.7. The minimum atomic E-state index is -0.576. The van der Waals surface area contributed by atoms with Gasteiger partial charge in [-0.05, 0) is 49.0 Å². The van der Waals surface area contributed by atoms with E-state index in [1.165, 1.54) is 16.9 Å². The summed E-state index contributed by atoms with van der Waals surface area (Å²) in [6, 6.07) is 15.7. The molecule has 0 fully saturated rings. The number of nitrogens with zero attached hydrogens (tertiary/aromatic N) is 2. The lowest BCUT2D eigenvalue weighted by Crippen LogP contribution is -2.40. The number of fused-ring (bicyclic) bond motifs is 1. The molecular formula is C29H32N2O3S. The Kier molecular flexibility index (Phi) is 7.51. The van der Waals surface area contributed by atoms with Crippen molar-refractivity contribution in [1.29, 1.82) is 0 Å². The zero-order valence-electron chi connectivity index (χ0n) is 21.0. The van der Waals surface area contributed by atoms with Gasteiger partial charge in [0, 0.05) is 0 Å². The van der Waals surface area contributed by atoms with Crippen LogP contribution in [-0.4, -0.2) is 17.1 Å². The Morgan fingerprint density at radius 1 is 1.11 bits per heavy atom. The number of hydrogen-bond acceptors (Lipinski definition) is 5. The average Bonchev–Trinajstić information content (AvgIpc) is 3.14. The highest BCUT2D eigenvalue weighted by molar-refractivity contribution is 7.07. The second-order valence-corrected chi connectivity index (χ2v) is 10.2. The van der Waals surface area contributed by atoms with E-state index in [-0.39, 0.29) is 12.2 Å². The molecular weight excluding hydrogens is 456 g/mol. The highest BCUT2D eigenvalue weighted by Gasteiger charge is 2.34. The fraction of sp³-hybridized carbons (Fsp3) is 0.345. The number of benzene rings is 2. The first kappa shape index (κ1) is 24.9. The predicted octanol–water partition coefficient (Wildman–Crippen LogP) is 5.01. The number of hydrogen-bond donors (Lipinski definition) is 0. The molecule has 2 heterocycles. The summed E-state index contributed by atoms with van der Waals surface area (Å²) in [7, 11) is 0. The lowest BCUT2D eigenvalue weighted by atomic mass is 9.92. The van der Waals surface area contributed by atoms with Crippen molar-refractivity contribution in [2.75, 3.05) is 6.61 Å². The number of esters is 1. The van der Waals surface area contributed by atoms with Gasteiger partial charge in [0.2, 0.25) is 0 Å². The van der Waals surface area contributed by atoms with Gasteiger partial charge >= 0.3 is 5.97 Å². The SMILES string of the molecule is CCCC1=C(C(=O)OCC)[C@H](c2ccc(C(C)C)cc2)n2c(s/c(=C\c3ccc(C)cc3)c2=O)=N1. The van der Waals surface area contributed by atoms with Crippen LogP contribution in [0.1, 0.15) is 74.8 Å². The van der Waals surface area contributed by atoms with Gasteiger partial charge in [-0.15, -0.1) is 0 Å². The van der Waals surface area contributed by atoms with Gasteiger partial charge < -0.3 is 4.74 Å². The molecule has 0 saturated heterocycles. The zero-order chi connectivity index (χ0) is 25.1. The van der Waals surface area contributed by atoms with Crippen molar-refractivity contribution in [3.63, 3.8) is 0 Å². The number of aromatic nitrogens is 1. The van der Waals surface area contributed by atoms with Crippen LogP contribution in [0, 0.1) is 6.92 Å². The topological polar surface area (TPSA) is 60.7 Å². The van der Waals surface area contributed by atoms with Crippen LogP contribution in [0.3, 0.4) is 0 Å². The van der Waals surface area contributed by atoms with E-state index in [1.54, 1.807) is 11.5 Å². The first-order valence-corrected chi connectivity index (χ1v) is 13.0. The molecule has 0 N–H and O–H groups in total. The molecule has 1 aliphatic rings. The normalized spacial score (nSPS) is 15.8. The van der Waals surface area contributed by atoms with Crippen LogP contribution in [-0.2, 0) is 9.53 Å². The van der Waals surface area contributed by atoms with Crippen LogP contribution in [0.25, 0.3) is 6.08 Å². The van der Waals surface area contributed by atoms with E-state index in [0.717, 1.165) is 23.1 Å². The van der Waals surface area contributed by atoms with E-state index in [0.29, 0.717) is 32.9 Å². The molecule has 1 atom stereocenters. The number of rotatable bonds is 7. The summed E-state index contributed by atoms with van der Waals surface area (Å²) in [6.07, 6.45) is 3.37. The Morgan fingerprint density at radius 2 is 1.80 bits per heavy atom. The number of thiazole rings is 1. The molecule has 5 nitrogen and oxygen atoms in total. The highest BCUT2D eigenvalue weighted by atomic mass is 32.1. The minimum absolute atomic E-state index is 0.149. The quantitative estimate of drug-likeness (QED) is 0.439. The van der Waals surface area contributed by atoms with Crippen molar-refractivity contribution >= 4 is 23.4 Å². The average molecular weight is 489 g/mol. The second-order valence-electron chi connectivity index (χ2n) is 9.15. The molecule has 0 unspecified atom stereocenters. The van der Waals surface area contributed by atoms with E-state index in [9.17, 15) is 9.59 Å². The Hall–Kier alpha value is -3.25. The van der Waals surface area contributed by atoms with Gasteiger partial charge in [-0.25, -0.2) is 9.79 Å². The molecule has 0 amide bonds. The van der Waals surface area contributed by atoms with Crippen molar-refractivity contribution in [1.82, 2.24) is 4.57 Å². The molecule has 0 aliphatic carbocycles. The molecule has 0 bridgehead atoms. The molecule has 6 heteroatoms. The maximum atomic E-state index is 13.7. The van der Waals surface area contributed by atoms with Crippen molar-refractivity contribution < 1.29 is 9.53 Å². The fourth-order valence-corrected chi connectivity index (χ4v) is 5.33. The van der Waals surface area contributed by atoms with Gasteiger partial charge in [0.05, 0.1) is 28.5 Å². The standard InChI is InChI=1S/C29H32N2O3S/c1-6-8-23-25(28(33)34-7-2)26(22-15-13-21(14-16-22)18(3)4)31-27(32)24(35-29(31)30-23)17-20-11-9-19(5)10-12-20/h9-18,26H,6-8H2,1-5H3/b24-17-/t26-/m0/s1. The molecule has 1 aliphatic heterocycles. The second kappa shape index (κ2) is 10.6. The van der Waals surface area contributed by atoms with Gasteiger partial charge in [0.1, 0.15) is 0 Å². The maximum Gasteiger partial charge on any atom is 0.338 e. The smallest absolute Gasteiger partial charge is 0.338 e. The first-order valence-electron chi connectivity index (χ1n) is 12.2. The number of aryl methyl sites for hydroxylation is 1. The van der Waals surface area contributed by atoms with E-state index in [4.69, 9.17) is 9.73 Å². The summed E-state index contributed by atoms with van der Waals surface area (Å²) >= 11 is 1.37. The van der Waals surface area contributed by atoms with Gasteiger partial charge in [0.15, 0.2) is 4.80 Å².